The van der Waals surface area contributed by atoms with Crippen LogP contribution < -0.4 is 10.1 Å². The van der Waals surface area contributed by atoms with E-state index in [0.717, 1.165) is 21.3 Å². The number of nitrogens with zero attached hydrogens (tertiary/aromatic N) is 1. The van der Waals surface area contributed by atoms with Gasteiger partial charge >= 0.3 is 0 Å². The van der Waals surface area contributed by atoms with E-state index in [1.165, 1.54) is 0 Å². The molecule has 1 N–H and O–H groups in total. The van der Waals surface area contributed by atoms with Crippen LogP contribution in [0.4, 0.5) is 0 Å². The van der Waals surface area contributed by atoms with E-state index in [2.05, 4.69) is 21.2 Å². The fourth-order valence-corrected chi connectivity index (χ4v) is 2.58. The van der Waals surface area contributed by atoms with E-state index in [1.807, 2.05) is 49.4 Å². The van der Waals surface area contributed by atoms with Crippen molar-refractivity contribution in [2.75, 3.05) is 6.61 Å². The molecule has 0 bridgehead atoms. The van der Waals surface area contributed by atoms with Gasteiger partial charge in [0.05, 0.1) is 11.1 Å². The second-order valence-electron chi connectivity index (χ2n) is 4.96. The van der Waals surface area contributed by atoms with Gasteiger partial charge in [-0.25, -0.2) is 0 Å². The van der Waals surface area contributed by atoms with E-state index in [4.69, 9.17) is 4.74 Å². The summed E-state index contributed by atoms with van der Waals surface area (Å²) in [5.41, 5.74) is 1.78. The van der Waals surface area contributed by atoms with Crippen LogP contribution in [0.2, 0.25) is 0 Å². The van der Waals surface area contributed by atoms with Crippen LogP contribution in [0.25, 0.3) is 6.08 Å². The third-order valence-corrected chi connectivity index (χ3v) is 3.85. The molecule has 2 aromatic rings. The number of nitriles is 1. The minimum atomic E-state index is -0.397. The van der Waals surface area contributed by atoms with Crippen LogP contribution in [-0.2, 0) is 11.3 Å². The molecule has 0 atom stereocenters. The highest BCUT2D eigenvalue weighted by Crippen LogP contribution is 2.26. The van der Waals surface area contributed by atoms with Gasteiger partial charge in [-0.1, -0.05) is 36.4 Å². The van der Waals surface area contributed by atoms with Crippen molar-refractivity contribution in [1.29, 1.82) is 5.26 Å². The molecule has 0 spiro atoms. The Morgan fingerprint density at radius 1 is 1.29 bits per heavy atom. The number of hydrogen-bond donors (Lipinski definition) is 1. The van der Waals surface area contributed by atoms with Gasteiger partial charge in [0.2, 0.25) is 0 Å². The fraction of sp³-hybridized carbons (Fsp3) is 0.158. The average Bonchev–Trinajstić information content (AvgIpc) is 2.61. The number of hydrogen-bond acceptors (Lipinski definition) is 3. The Balaban J connectivity index is 2.09. The molecule has 0 saturated carbocycles. The molecule has 0 aromatic heterocycles. The molecule has 5 heteroatoms. The summed E-state index contributed by atoms with van der Waals surface area (Å²) in [7, 11) is 0. The number of ether oxygens (including phenoxy) is 1. The molecule has 122 valence electrons. The van der Waals surface area contributed by atoms with Gasteiger partial charge in [0.15, 0.2) is 0 Å². The lowest BCUT2D eigenvalue weighted by molar-refractivity contribution is -0.117. The third kappa shape index (κ3) is 4.97. The smallest absolute Gasteiger partial charge is 0.262 e. The highest BCUT2D eigenvalue weighted by Gasteiger charge is 2.09. The van der Waals surface area contributed by atoms with Crippen LogP contribution in [0.3, 0.4) is 0 Å². The Morgan fingerprint density at radius 2 is 2.04 bits per heavy atom. The summed E-state index contributed by atoms with van der Waals surface area (Å²) in [6.45, 7) is 2.86. The lowest BCUT2D eigenvalue weighted by Gasteiger charge is -2.07. The van der Waals surface area contributed by atoms with Crippen LogP contribution in [0.15, 0.2) is 58.6 Å². The highest BCUT2D eigenvalue weighted by molar-refractivity contribution is 9.10. The van der Waals surface area contributed by atoms with E-state index in [-0.39, 0.29) is 5.57 Å². The van der Waals surface area contributed by atoms with Crippen molar-refractivity contribution in [1.82, 2.24) is 5.32 Å². The van der Waals surface area contributed by atoms with Gasteiger partial charge in [-0.05, 0) is 52.2 Å². The Bertz CT molecular complexity index is 780. The number of rotatable bonds is 6. The Kier molecular flexibility index (Phi) is 6.59. The van der Waals surface area contributed by atoms with Gasteiger partial charge in [-0.15, -0.1) is 0 Å². The zero-order valence-electron chi connectivity index (χ0n) is 13.3. The molecule has 4 nitrogen and oxygen atoms in total. The summed E-state index contributed by atoms with van der Waals surface area (Å²) in [5, 5.41) is 12.0. The van der Waals surface area contributed by atoms with Crippen LogP contribution in [0.1, 0.15) is 18.1 Å². The van der Waals surface area contributed by atoms with Gasteiger partial charge < -0.3 is 10.1 Å². The summed E-state index contributed by atoms with van der Waals surface area (Å²) < 4.78 is 6.22. The predicted octanol–water partition coefficient (Wildman–Crippen LogP) is 4.07. The third-order valence-electron chi connectivity index (χ3n) is 3.23. The van der Waals surface area contributed by atoms with Crippen LogP contribution in [0.5, 0.6) is 5.75 Å². The Morgan fingerprint density at radius 3 is 2.67 bits per heavy atom. The van der Waals surface area contributed by atoms with Gasteiger partial charge in [-0.2, -0.15) is 5.26 Å². The van der Waals surface area contributed by atoms with Crippen molar-refractivity contribution in [3.05, 3.63) is 69.7 Å². The van der Waals surface area contributed by atoms with E-state index in [9.17, 15) is 10.1 Å². The van der Waals surface area contributed by atoms with Crippen LogP contribution >= 0.6 is 15.9 Å². The largest absolute Gasteiger partial charge is 0.493 e. The minimum absolute atomic E-state index is 0.0574. The molecule has 2 aromatic carbocycles. The van der Waals surface area contributed by atoms with Crippen molar-refractivity contribution in [3.8, 4) is 11.8 Å². The zero-order valence-corrected chi connectivity index (χ0v) is 14.8. The summed E-state index contributed by atoms with van der Waals surface area (Å²) in [5.74, 6) is 0.327. The lowest BCUT2D eigenvalue weighted by atomic mass is 10.1. The quantitative estimate of drug-likeness (QED) is 0.602. The predicted molar refractivity (Wildman–Crippen MR) is 97.2 cm³/mol. The number of benzene rings is 2. The highest BCUT2D eigenvalue weighted by atomic mass is 79.9. The standard InChI is InChI=1S/C19H17BrN2O2/c1-2-24-18-9-8-15(11-17(18)20)10-16(12-21)19(23)22-13-14-6-4-3-5-7-14/h3-11H,2,13H2,1H3,(H,22,23)/b16-10+. The molecule has 0 saturated heterocycles. The molecule has 0 aliphatic carbocycles. The SMILES string of the molecule is CCOc1ccc(/C=C(\C#N)C(=O)NCc2ccccc2)cc1Br. The van der Waals surface area contributed by atoms with Gasteiger partial charge in [0, 0.05) is 6.54 Å². The Labute approximate surface area is 149 Å². The normalized spacial score (nSPS) is 10.8. The lowest BCUT2D eigenvalue weighted by Crippen LogP contribution is -2.23. The van der Waals surface area contributed by atoms with Gasteiger partial charge in [-0.3, -0.25) is 4.79 Å². The minimum Gasteiger partial charge on any atom is -0.493 e. The topological polar surface area (TPSA) is 62.1 Å². The molecule has 0 aliphatic rings. The van der Waals surface area contributed by atoms with Crippen molar-refractivity contribution < 1.29 is 9.53 Å². The maximum atomic E-state index is 12.2. The number of amides is 1. The summed E-state index contributed by atoms with van der Waals surface area (Å²) in [6.07, 6.45) is 1.56. The molecule has 0 aliphatic heterocycles. The van der Waals surface area contributed by atoms with E-state index < -0.39 is 5.91 Å². The maximum absolute atomic E-state index is 12.2. The average molecular weight is 385 g/mol. The Hall–Kier alpha value is -2.58. The number of halogens is 1. The van der Waals surface area contributed by atoms with Crippen molar-refractivity contribution >= 4 is 27.9 Å². The first-order valence-corrected chi connectivity index (χ1v) is 8.29. The summed E-state index contributed by atoms with van der Waals surface area (Å²) >= 11 is 3.42. The van der Waals surface area contributed by atoms with Crippen molar-refractivity contribution in [2.24, 2.45) is 0 Å². The monoisotopic (exact) mass is 384 g/mol. The fourth-order valence-electron chi connectivity index (χ4n) is 2.07. The van der Waals surface area contributed by atoms with Gasteiger partial charge in [0.25, 0.3) is 5.91 Å². The molecular weight excluding hydrogens is 368 g/mol. The maximum Gasteiger partial charge on any atom is 0.262 e. The van der Waals surface area contributed by atoms with E-state index in [1.54, 1.807) is 18.2 Å². The molecule has 2 rings (SSSR count). The number of nitrogens with one attached hydrogen (secondary N) is 1. The van der Waals surface area contributed by atoms with E-state index in [0.29, 0.717) is 13.2 Å². The summed E-state index contributed by atoms with van der Waals surface area (Å²) in [6, 6.07) is 16.9. The van der Waals surface area contributed by atoms with Gasteiger partial charge in [0.1, 0.15) is 17.4 Å². The molecule has 24 heavy (non-hydrogen) atoms. The molecule has 0 unspecified atom stereocenters. The zero-order chi connectivity index (χ0) is 17.4. The molecule has 0 fully saturated rings. The first-order valence-electron chi connectivity index (χ1n) is 7.50. The van der Waals surface area contributed by atoms with Crippen molar-refractivity contribution in [3.63, 3.8) is 0 Å². The molecule has 0 radical (unpaired) electrons. The first-order chi connectivity index (χ1) is 11.6. The second-order valence-corrected chi connectivity index (χ2v) is 5.82. The number of carbonyl (C=O) groups is 1. The van der Waals surface area contributed by atoms with Crippen LogP contribution in [-0.4, -0.2) is 12.5 Å². The molecule has 0 heterocycles. The van der Waals surface area contributed by atoms with E-state index >= 15 is 0 Å². The van der Waals surface area contributed by atoms with Crippen molar-refractivity contribution in [2.45, 2.75) is 13.5 Å². The first kappa shape index (κ1) is 17.8. The molecule has 1 amide bonds. The second kappa shape index (κ2) is 8.90. The molecular formula is C19H17BrN2O2. The number of carbonyl (C=O) groups excluding carboxylic acids is 1. The summed E-state index contributed by atoms with van der Waals surface area (Å²) in [4.78, 5) is 12.2. The van der Waals surface area contributed by atoms with Crippen LogP contribution in [0, 0.1) is 11.3 Å².